The number of hydrogen-bond acceptors (Lipinski definition) is 0. The van der Waals surface area contributed by atoms with Gasteiger partial charge in [0.1, 0.15) is 0 Å². The fourth-order valence-corrected chi connectivity index (χ4v) is 3.69. The first-order chi connectivity index (χ1) is 15.9. The average Bonchev–Trinajstić information content (AvgIpc) is 2.83. The summed E-state index contributed by atoms with van der Waals surface area (Å²) in [6.07, 6.45) is 3.54. The molecule has 0 aromatic heterocycles. The van der Waals surface area contributed by atoms with E-state index in [1.54, 1.807) is 67.6 Å². The van der Waals surface area contributed by atoms with Gasteiger partial charge in [-0.2, -0.15) is 0 Å². The SMILES string of the molecule is CCc1ccc(-c2ccc(C=Cc3ccc(-c4ccc(C)cc4)c(F)c3F)cc2)c(F)c1F. The number of rotatable bonds is 5. The summed E-state index contributed by atoms with van der Waals surface area (Å²) in [6, 6.07) is 20.2. The van der Waals surface area contributed by atoms with Crippen LogP contribution in [0.5, 0.6) is 0 Å². The van der Waals surface area contributed by atoms with Crippen molar-refractivity contribution in [1.82, 2.24) is 0 Å². The van der Waals surface area contributed by atoms with E-state index in [1.165, 1.54) is 12.1 Å². The van der Waals surface area contributed by atoms with Gasteiger partial charge in [-0.15, -0.1) is 0 Å². The lowest BCUT2D eigenvalue weighted by molar-refractivity contribution is 0.502. The molecule has 4 heteroatoms. The van der Waals surface area contributed by atoms with Crippen LogP contribution in [0.3, 0.4) is 0 Å². The fraction of sp³-hybridized carbons (Fsp3) is 0.103. The standard InChI is InChI=1S/C29H22F4/c1-3-20-14-16-24(28(32)26(20)30)22-11-6-19(7-12-22)8-13-23-15-17-25(29(33)27(23)31)21-9-4-18(2)5-10-21/h4-17H,3H2,1-2H3. The first-order valence-corrected chi connectivity index (χ1v) is 10.7. The molecule has 166 valence electrons. The van der Waals surface area contributed by atoms with Gasteiger partial charge in [0.25, 0.3) is 0 Å². The zero-order valence-corrected chi connectivity index (χ0v) is 18.3. The second-order valence-electron chi connectivity index (χ2n) is 7.91. The van der Waals surface area contributed by atoms with Crippen molar-refractivity contribution in [2.45, 2.75) is 20.3 Å². The second kappa shape index (κ2) is 9.45. The highest BCUT2D eigenvalue weighted by atomic mass is 19.2. The summed E-state index contributed by atoms with van der Waals surface area (Å²) in [4.78, 5) is 0. The third kappa shape index (κ3) is 4.61. The smallest absolute Gasteiger partial charge is 0.167 e. The zero-order chi connectivity index (χ0) is 23.5. The summed E-state index contributed by atoms with van der Waals surface area (Å²) < 4.78 is 57.8. The summed E-state index contributed by atoms with van der Waals surface area (Å²) in [5.41, 5.74) is 3.74. The van der Waals surface area contributed by atoms with Gasteiger partial charge in [0.05, 0.1) is 0 Å². The maximum absolute atomic E-state index is 14.7. The molecule has 0 heterocycles. The normalized spacial score (nSPS) is 11.3. The minimum Gasteiger partial charge on any atom is -0.203 e. The van der Waals surface area contributed by atoms with Crippen LogP contribution in [-0.2, 0) is 6.42 Å². The summed E-state index contributed by atoms with van der Waals surface area (Å²) in [6.45, 7) is 3.70. The minimum absolute atomic E-state index is 0.121. The van der Waals surface area contributed by atoms with E-state index in [0.29, 0.717) is 28.7 Å². The average molecular weight is 446 g/mol. The van der Waals surface area contributed by atoms with Crippen LogP contribution in [0.1, 0.15) is 29.2 Å². The molecule has 0 radical (unpaired) electrons. The molecular formula is C29H22F4. The van der Waals surface area contributed by atoms with Gasteiger partial charge in [-0.3, -0.25) is 0 Å². The molecule has 0 nitrogen and oxygen atoms in total. The lowest BCUT2D eigenvalue weighted by Gasteiger charge is -2.08. The molecular weight excluding hydrogens is 424 g/mol. The van der Waals surface area contributed by atoms with Crippen LogP contribution in [0.2, 0.25) is 0 Å². The van der Waals surface area contributed by atoms with Crippen LogP contribution in [0.4, 0.5) is 17.6 Å². The van der Waals surface area contributed by atoms with Crippen molar-refractivity contribution in [2.24, 2.45) is 0 Å². The van der Waals surface area contributed by atoms with E-state index in [9.17, 15) is 17.6 Å². The van der Waals surface area contributed by atoms with Crippen molar-refractivity contribution >= 4 is 12.2 Å². The number of halogens is 4. The molecule has 0 spiro atoms. The van der Waals surface area contributed by atoms with Gasteiger partial charge in [-0.25, -0.2) is 17.6 Å². The van der Waals surface area contributed by atoms with Crippen molar-refractivity contribution in [3.05, 3.63) is 118 Å². The molecule has 0 saturated carbocycles. The van der Waals surface area contributed by atoms with Gasteiger partial charge in [0.15, 0.2) is 23.3 Å². The topological polar surface area (TPSA) is 0 Å². The Morgan fingerprint density at radius 2 is 1.12 bits per heavy atom. The van der Waals surface area contributed by atoms with Crippen LogP contribution in [0.15, 0.2) is 72.8 Å². The highest BCUT2D eigenvalue weighted by Gasteiger charge is 2.15. The molecule has 0 atom stereocenters. The van der Waals surface area contributed by atoms with Gasteiger partial charge in [0.2, 0.25) is 0 Å². The van der Waals surface area contributed by atoms with E-state index in [2.05, 4.69) is 0 Å². The lowest BCUT2D eigenvalue weighted by atomic mass is 9.99. The molecule has 0 amide bonds. The predicted molar refractivity (Wildman–Crippen MR) is 127 cm³/mol. The Morgan fingerprint density at radius 1 is 0.576 bits per heavy atom. The molecule has 0 aliphatic heterocycles. The second-order valence-corrected chi connectivity index (χ2v) is 7.91. The summed E-state index contributed by atoms with van der Waals surface area (Å²) in [5.74, 6) is -3.52. The molecule has 4 rings (SSSR count). The zero-order valence-electron chi connectivity index (χ0n) is 18.3. The summed E-state index contributed by atoms with van der Waals surface area (Å²) >= 11 is 0. The van der Waals surface area contributed by atoms with Gasteiger partial charge in [-0.05, 0) is 35.6 Å². The number of benzene rings is 4. The number of aryl methyl sites for hydroxylation is 2. The Labute approximate surface area is 190 Å². The van der Waals surface area contributed by atoms with Crippen LogP contribution in [-0.4, -0.2) is 0 Å². The van der Waals surface area contributed by atoms with Crippen molar-refractivity contribution in [3.8, 4) is 22.3 Å². The van der Waals surface area contributed by atoms with Crippen LogP contribution < -0.4 is 0 Å². The molecule has 0 aliphatic rings. The molecule has 0 N–H and O–H groups in total. The van der Waals surface area contributed by atoms with Gasteiger partial charge >= 0.3 is 0 Å². The van der Waals surface area contributed by atoms with Crippen LogP contribution in [0, 0.1) is 30.2 Å². The van der Waals surface area contributed by atoms with E-state index < -0.39 is 23.3 Å². The molecule has 0 unspecified atom stereocenters. The molecule has 33 heavy (non-hydrogen) atoms. The monoisotopic (exact) mass is 446 g/mol. The molecule has 0 fully saturated rings. The van der Waals surface area contributed by atoms with Gasteiger partial charge in [0, 0.05) is 16.7 Å². The van der Waals surface area contributed by atoms with Crippen molar-refractivity contribution < 1.29 is 17.6 Å². The predicted octanol–water partition coefficient (Wildman–Crippen LogP) is 8.62. The van der Waals surface area contributed by atoms with Gasteiger partial charge in [-0.1, -0.05) is 97.4 Å². The first-order valence-electron chi connectivity index (χ1n) is 10.7. The van der Waals surface area contributed by atoms with E-state index in [-0.39, 0.29) is 16.7 Å². The quantitative estimate of drug-likeness (QED) is 0.213. The minimum atomic E-state index is -0.922. The fourth-order valence-electron chi connectivity index (χ4n) is 3.69. The molecule has 4 aromatic rings. The van der Waals surface area contributed by atoms with Crippen LogP contribution >= 0.6 is 0 Å². The van der Waals surface area contributed by atoms with Crippen molar-refractivity contribution in [2.75, 3.05) is 0 Å². The van der Waals surface area contributed by atoms with E-state index >= 15 is 0 Å². The number of hydrogen-bond donors (Lipinski definition) is 0. The largest absolute Gasteiger partial charge is 0.203 e. The molecule has 0 saturated heterocycles. The molecule has 0 aliphatic carbocycles. The Bertz CT molecular complexity index is 1320. The maximum atomic E-state index is 14.7. The summed E-state index contributed by atoms with van der Waals surface area (Å²) in [7, 11) is 0. The van der Waals surface area contributed by atoms with E-state index in [1.807, 2.05) is 19.1 Å². The Balaban J connectivity index is 1.57. The highest BCUT2D eigenvalue weighted by molar-refractivity contribution is 5.74. The third-order valence-corrected chi connectivity index (χ3v) is 5.69. The Kier molecular flexibility index (Phi) is 6.45. The lowest BCUT2D eigenvalue weighted by Crippen LogP contribution is -1.95. The Hall–Kier alpha value is -3.66. The first kappa shape index (κ1) is 22.5. The van der Waals surface area contributed by atoms with Crippen molar-refractivity contribution in [3.63, 3.8) is 0 Å². The molecule has 4 aromatic carbocycles. The highest BCUT2D eigenvalue weighted by Crippen LogP contribution is 2.29. The van der Waals surface area contributed by atoms with Crippen LogP contribution in [0.25, 0.3) is 34.4 Å². The Morgan fingerprint density at radius 3 is 1.73 bits per heavy atom. The molecule has 0 bridgehead atoms. The van der Waals surface area contributed by atoms with E-state index in [4.69, 9.17) is 0 Å². The maximum Gasteiger partial charge on any atom is 0.167 e. The summed E-state index contributed by atoms with van der Waals surface area (Å²) in [5, 5.41) is 0. The third-order valence-electron chi connectivity index (χ3n) is 5.69. The van der Waals surface area contributed by atoms with Crippen molar-refractivity contribution in [1.29, 1.82) is 0 Å². The van der Waals surface area contributed by atoms with Gasteiger partial charge < -0.3 is 0 Å². The van der Waals surface area contributed by atoms with E-state index in [0.717, 1.165) is 5.56 Å².